The first-order valence-corrected chi connectivity index (χ1v) is 8.94. The molecule has 2 aromatic rings. The summed E-state index contributed by atoms with van der Waals surface area (Å²) in [6, 6.07) is 9.66. The molecule has 8 heteroatoms. The SMILES string of the molecule is [B]n1cccc1C(CCN)=C1N=C(C=Cc2ccccc2OC(F)(F)F)C=C1C. The first-order valence-electron chi connectivity index (χ1n) is 8.94. The van der Waals surface area contributed by atoms with E-state index in [0.29, 0.717) is 24.2 Å². The Labute approximate surface area is 168 Å². The fourth-order valence-electron chi connectivity index (χ4n) is 3.10. The minimum Gasteiger partial charge on any atom is -0.405 e. The molecule has 1 aromatic heterocycles. The monoisotopic (exact) mass is 397 g/mol. The molecule has 0 saturated carbocycles. The summed E-state index contributed by atoms with van der Waals surface area (Å²) in [5, 5.41) is 0. The van der Waals surface area contributed by atoms with Gasteiger partial charge in [0.25, 0.3) is 0 Å². The summed E-state index contributed by atoms with van der Waals surface area (Å²) in [5.74, 6) is -0.268. The second-order valence-electron chi connectivity index (χ2n) is 6.45. The van der Waals surface area contributed by atoms with Crippen molar-refractivity contribution in [1.29, 1.82) is 0 Å². The highest BCUT2D eigenvalue weighted by Crippen LogP contribution is 2.31. The third-order valence-corrected chi connectivity index (χ3v) is 4.33. The number of benzene rings is 1. The highest BCUT2D eigenvalue weighted by Gasteiger charge is 2.31. The fourth-order valence-corrected chi connectivity index (χ4v) is 3.10. The number of halogens is 3. The lowest BCUT2D eigenvalue weighted by Gasteiger charge is -2.12. The molecule has 0 saturated heterocycles. The van der Waals surface area contributed by atoms with Crippen LogP contribution in [-0.2, 0) is 0 Å². The van der Waals surface area contributed by atoms with Crippen LogP contribution in [0, 0.1) is 0 Å². The van der Waals surface area contributed by atoms with Gasteiger partial charge in [-0.15, -0.1) is 13.2 Å². The van der Waals surface area contributed by atoms with Crippen molar-refractivity contribution in [3.63, 3.8) is 0 Å². The van der Waals surface area contributed by atoms with E-state index in [-0.39, 0.29) is 5.75 Å². The van der Waals surface area contributed by atoms with E-state index >= 15 is 0 Å². The second kappa shape index (κ2) is 8.57. The minimum atomic E-state index is -4.75. The molecular formula is C21H19BF3N3O. The zero-order chi connectivity index (χ0) is 21.0. The number of rotatable bonds is 6. The summed E-state index contributed by atoms with van der Waals surface area (Å²) in [4.78, 5) is 4.63. The van der Waals surface area contributed by atoms with Crippen LogP contribution in [0.3, 0.4) is 0 Å². The molecular weight excluding hydrogens is 378 g/mol. The van der Waals surface area contributed by atoms with Crippen LogP contribution < -0.4 is 10.5 Å². The van der Waals surface area contributed by atoms with E-state index in [1.807, 2.05) is 25.1 Å². The molecule has 3 rings (SSSR count). The first-order chi connectivity index (χ1) is 13.8. The normalized spacial score (nSPS) is 16.2. The Morgan fingerprint density at radius 3 is 2.62 bits per heavy atom. The van der Waals surface area contributed by atoms with Crippen LogP contribution >= 0.6 is 0 Å². The van der Waals surface area contributed by atoms with Crippen LogP contribution in [0.15, 0.2) is 71.0 Å². The quantitative estimate of drug-likeness (QED) is 0.731. The Morgan fingerprint density at radius 1 is 1.21 bits per heavy atom. The number of aromatic nitrogens is 1. The minimum absolute atomic E-state index is 0.268. The summed E-state index contributed by atoms with van der Waals surface area (Å²) in [7, 11) is 5.98. The molecule has 4 nitrogen and oxygen atoms in total. The summed E-state index contributed by atoms with van der Waals surface area (Å²) in [5.41, 5.74) is 10.1. The van der Waals surface area contributed by atoms with E-state index in [0.717, 1.165) is 22.5 Å². The van der Waals surface area contributed by atoms with Gasteiger partial charge < -0.3 is 14.9 Å². The van der Waals surface area contributed by atoms with Gasteiger partial charge in [-0.3, -0.25) is 0 Å². The van der Waals surface area contributed by atoms with Gasteiger partial charge >= 0.3 is 6.36 Å². The van der Waals surface area contributed by atoms with Gasteiger partial charge in [0, 0.05) is 16.8 Å². The number of allylic oxidation sites excluding steroid dienone is 3. The smallest absolute Gasteiger partial charge is 0.405 e. The number of nitrogens with zero attached hydrogens (tertiary/aromatic N) is 2. The molecule has 1 aromatic carbocycles. The van der Waals surface area contributed by atoms with Crippen LogP contribution in [0.4, 0.5) is 13.2 Å². The van der Waals surface area contributed by atoms with Gasteiger partial charge in [0.2, 0.25) is 7.98 Å². The molecule has 1 aliphatic rings. The molecule has 2 heterocycles. The van der Waals surface area contributed by atoms with Crippen LogP contribution in [0.1, 0.15) is 24.6 Å². The lowest BCUT2D eigenvalue weighted by atomic mass is 10.0. The van der Waals surface area contributed by atoms with Crippen molar-refractivity contribution in [3.8, 4) is 5.75 Å². The lowest BCUT2D eigenvalue weighted by Crippen LogP contribution is -2.17. The highest BCUT2D eigenvalue weighted by molar-refractivity contribution is 6.11. The predicted molar refractivity (Wildman–Crippen MR) is 110 cm³/mol. The topological polar surface area (TPSA) is 52.5 Å². The van der Waals surface area contributed by atoms with Crippen molar-refractivity contribution in [2.75, 3.05) is 6.54 Å². The van der Waals surface area contributed by atoms with Gasteiger partial charge in [-0.05, 0) is 68.1 Å². The largest absolute Gasteiger partial charge is 0.573 e. The van der Waals surface area contributed by atoms with Crippen molar-refractivity contribution in [2.24, 2.45) is 10.7 Å². The van der Waals surface area contributed by atoms with Crippen molar-refractivity contribution in [3.05, 3.63) is 77.3 Å². The van der Waals surface area contributed by atoms with Crippen LogP contribution in [-0.4, -0.2) is 31.1 Å². The Balaban J connectivity index is 1.93. The van der Waals surface area contributed by atoms with Gasteiger partial charge in [-0.1, -0.05) is 18.2 Å². The van der Waals surface area contributed by atoms with Crippen LogP contribution in [0.25, 0.3) is 11.6 Å². The Morgan fingerprint density at radius 2 is 1.97 bits per heavy atom. The average Bonchev–Trinajstić information content (AvgIpc) is 3.23. The number of alkyl halides is 3. The molecule has 29 heavy (non-hydrogen) atoms. The Hall–Kier alpha value is -3.00. The molecule has 0 bridgehead atoms. The third-order valence-electron chi connectivity index (χ3n) is 4.33. The first kappa shape index (κ1) is 20.7. The van der Waals surface area contributed by atoms with Crippen molar-refractivity contribution < 1.29 is 17.9 Å². The summed E-state index contributed by atoms with van der Waals surface area (Å²) in [6.07, 6.45) is 2.62. The summed E-state index contributed by atoms with van der Waals surface area (Å²) < 4.78 is 43.3. The lowest BCUT2D eigenvalue weighted by molar-refractivity contribution is -0.274. The summed E-state index contributed by atoms with van der Waals surface area (Å²) in [6.45, 7) is 2.35. The molecule has 2 N–H and O–H groups in total. The fraction of sp³-hybridized carbons (Fsp3) is 0.190. The molecule has 0 fully saturated rings. The number of hydrogen-bond donors (Lipinski definition) is 1. The molecule has 148 valence electrons. The maximum absolute atomic E-state index is 12.6. The molecule has 2 radical (unpaired) electrons. The molecule has 0 aliphatic carbocycles. The molecule has 0 atom stereocenters. The van der Waals surface area contributed by atoms with E-state index < -0.39 is 6.36 Å². The Bertz CT molecular complexity index is 1020. The van der Waals surface area contributed by atoms with Crippen LogP contribution in [0.5, 0.6) is 5.75 Å². The number of nitrogens with two attached hydrogens (primary N) is 1. The maximum atomic E-state index is 12.6. The van der Waals surface area contributed by atoms with Crippen LogP contribution in [0.2, 0.25) is 0 Å². The zero-order valence-corrected chi connectivity index (χ0v) is 15.8. The summed E-state index contributed by atoms with van der Waals surface area (Å²) >= 11 is 0. The number of aliphatic imine (C=N–C) groups is 1. The van der Waals surface area contributed by atoms with Crippen molar-refractivity contribution in [2.45, 2.75) is 19.7 Å². The highest BCUT2D eigenvalue weighted by atomic mass is 19.4. The van der Waals surface area contributed by atoms with Crippen molar-refractivity contribution >= 4 is 25.3 Å². The second-order valence-corrected chi connectivity index (χ2v) is 6.45. The van der Waals surface area contributed by atoms with Gasteiger partial charge in [-0.2, -0.15) is 0 Å². The zero-order valence-electron chi connectivity index (χ0n) is 15.8. The maximum Gasteiger partial charge on any atom is 0.573 e. The van der Waals surface area contributed by atoms with E-state index in [1.54, 1.807) is 30.5 Å². The predicted octanol–water partition coefficient (Wildman–Crippen LogP) is 4.49. The molecule has 0 unspecified atom stereocenters. The molecule has 0 amide bonds. The van der Waals surface area contributed by atoms with Crippen molar-refractivity contribution in [1.82, 2.24) is 4.48 Å². The van der Waals surface area contributed by atoms with Gasteiger partial charge in [0.05, 0.1) is 11.4 Å². The van der Waals surface area contributed by atoms with E-state index in [4.69, 9.17) is 13.7 Å². The van der Waals surface area contributed by atoms with Gasteiger partial charge in [-0.25, -0.2) is 4.99 Å². The van der Waals surface area contributed by atoms with E-state index in [1.165, 1.54) is 16.6 Å². The van der Waals surface area contributed by atoms with E-state index in [9.17, 15) is 13.2 Å². The molecule has 1 aliphatic heterocycles. The average molecular weight is 397 g/mol. The van der Waals surface area contributed by atoms with E-state index in [2.05, 4.69) is 9.73 Å². The third kappa shape index (κ3) is 5.09. The number of hydrogen-bond acceptors (Lipinski definition) is 3. The van der Waals surface area contributed by atoms with Gasteiger partial charge in [0.15, 0.2) is 0 Å². The Kier molecular flexibility index (Phi) is 6.13. The number of para-hydroxylation sites is 1. The number of ether oxygens (including phenoxy) is 1. The standard InChI is InChI=1S/C21H19BF3N3O/c1-14-13-16(9-8-15-5-2-3-7-19(15)29-21(23,24)25)27-20(14)17(10-11-26)18-6-4-12-28(18)22/h2-9,12-13H,10-11,26H2,1H3. The molecule has 0 spiro atoms. The van der Waals surface area contributed by atoms with Gasteiger partial charge in [0.1, 0.15) is 5.75 Å².